The zero-order chi connectivity index (χ0) is 35.3. The van der Waals surface area contributed by atoms with E-state index in [0.29, 0.717) is 0 Å². The molecule has 2 rings (SSSR count). The molecule has 0 bridgehead atoms. The van der Waals surface area contributed by atoms with Crippen molar-refractivity contribution in [3.63, 3.8) is 0 Å². The molecular formula is C24H44F10N2O6S2. The SMILES string of the molecule is CCCC[N+]1(C)CCCCC1.CCCC[N+]1(C)CCCCC1.O=S(=O)([O-])C(F)(F)C(F)(F)F.O=S(=O)([O-])C(F)(F)C(F)(F)F. The van der Waals surface area contributed by atoms with Gasteiger partial charge in [-0.15, -0.1) is 0 Å². The van der Waals surface area contributed by atoms with Crippen LogP contribution in [0.25, 0.3) is 0 Å². The van der Waals surface area contributed by atoms with Gasteiger partial charge in [0.2, 0.25) is 0 Å². The first-order valence-electron chi connectivity index (χ1n) is 14.0. The van der Waals surface area contributed by atoms with E-state index in [1.54, 1.807) is 0 Å². The van der Waals surface area contributed by atoms with Gasteiger partial charge in [0.15, 0.2) is 20.2 Å². The molecule has 2 heterocycles. The third-order valence-electron chi connectivity index (χ3n) is 7.18. The standard InChI is InChI=1S/2C10H22N.2C2HF5O3S/c2*1-3-4-8-11(2)9-6-5-7-10-11;2*3-1(4,5)2(6,7)11(8,9)10/h2*3-10H2,1-2H3;2*(H,8,9,10)/q2*+1;;/p-2. The Morgan fingerprint density at radius 1 is 0.523 bits per heavy atom. The van der Waals surface area contributed by atoms with Crippen LogP contribution in [0, 0.1) is 0 Å². The summed E-state index contributed by atoms with van der Waals surface area (Å²) in [6, 6.07) is 0. The van der Waals surface area contributed by atoms with E-state index < -0.39 is 43.1 Å². The summed E-state index contributed by atoms with van der Waals surface area (Å²) in [5, 5.41) is -12.4. The van der Waals surface area contributed by atoms with Crippen LogP contribution in [0.5, 0.6) is 0 Å². The Morgan fingerprint density at radius 3 is 0.886 bits per heavy atom. The molecule has 0 atom stereocenters. The highest BCUT2D eigenvalue weighted by Crippen LogP contribution is 2.39. The predicted molar refractivity (Wildman–Crippen MR) is 140 cm³/mol. The summed E-state index contributed by atoms with van der Waals surface area (Å²) >= 11 is 0. The molecule has 268 valence electrons. The van der Waals surface area contributed by atoms with Crippen LogP contribution in [-0.2, 0) is 20.2 Å². The third kappa shape index (κ3) is 15.6. The van der Waals surface area contributed by atoms with Crippen LogP contribution in [0.4, 0.5) is 43.9 Å². The summed E-state index contributed by atoms with van der Waals surface area (Å²) in [6.45, 7) is 13.1. The Balaban J connectivity index is 0. The van der Waals surface area contributed by atoms with Crippen molar-refractivity contribution in [3.05, 3.63) is 0 Å². The number of likely N-dealkylation sites (tertiary alicyclic amines) is 2. The smallest absolute Gasteiger partial charge is 0.468 e. The zero-order valence-electron chi connectivity index (χ0n) is 25.3. The molecule has 0 aromatic rings. The highest BCUT2D eigenvalue weighted by atomic mass is 32.2. The summed E-state index contributed by atoms with van der Waals surface area (Å²) in [5.74, 6) is 0. The van der Waals surface area contributed by atoms with E-state index in [1.807, 2.05) is 0 Å². The molecule has 0 unspecified atom stereocenters. The molecule has 2 aliphatic rings. The molecule has 0 aromatic heterocycles. The molecule has 44 heavy (non-hydrogen) atoms. The fourth-order valence-corrected chi connectivity index (χ4v) is 4.93. The van der Waals surface area contributed by atoms with Crippen molar-refractivity contribution >= 4 is 20.2 Å². The Labute approximate surface area is 253 Å². The first kappa shape index (κ1) is 45.2. The molecule has 8 nitrogen and oxygen atoms in total. The number of rotatable bonds is 8. The topological polar surface area (TPSA) is 114 Å². The van der Waals surface area contributed by atoms with Crippen molar-refractivity contribution in [2.45, 2.75) is 101 Å². The maximum Gasteiger partial charge on any atom is 0.468 e. The lowest BCUT2D eigenvalue weighted by molar-refractivity contribution is -0.914. The minimum absolute atomic E-state index is 1.36. The van der Waals surface area contributed by atoms with Gasteiger partial charge in [0.05, 0.1) is 53.4 Å². The van der Waals surface area contributed by atoms with E-state index >= 15 is 0 Å². The van der Waals surface area contributed by atoms with Crippen LogP contribution in [0.2, 0.25) is 0 Å². The maximum atomic E-state index is 11.4. The lowest BCUT2D eigenvalue weighted by Crippen LogP contribution is -2.48. The van der Waals surface area contributed by atoms with Crippen molar-refractivity contribution < 1.29 is 78.8 Å². The molecule has 0 saturated carbocycles. The van der Waals surface area contributed by atoms with Gasteiger partial charge in [-0.3, -0.25) is 0 Å². The molecule has 2 aliphatic heterocycles. The van der Waals surface area contributed by atoms with Gasteiger partial charge in [-0.25, -0.2) is 16.8 Å². The van der Waals surface area contributed by atoms with Gasteiger partial charge in [0, 0.05) is 0 Å². The molecule has 2 saturated heterocycles. The van der Waals surface area contributed by atoms with Crippen LogP contribution in [0.1, 0.15) is 78.1 Å². The average molecular weight is 711 g/mol. The number of hydrogen-bond donors (Lipinski definition) is 0. The van der Waals surface area contributed by atoms with Gasteiger partial charge in [-0.2, -0.15) is 43.9 Å². The average Bonchev–Trinajstić information content (AvgIpc) is 2.86. The second kappa shape index (κ2) is 17.8. The van der Waals surface area contributed by atoms with Crippen LogP contribution in [0.3, 0.4) is 0 Å². The molecule has 2 fully saturated rings. The summed E-state index contributed by atoms with van der Waals surface area (Å²) in [6.07, 6.45) is 1.61. The summed E-state index contributed by atoms with van der Waals surface area (Å²) in [7, 11) is -8.49. The second-order valence-electron chi connectivity index (χ2n) is 11.3. The number of alkyl halides is 10. The number of nitrogens with zero attached hydrogens (tertiary/aromatic N) is 2. The molecule has 0 amide bonds. The van der Waals surface area contributed by atoms with Gasteiger partial charge in [-0.05, 0) is 51.4 Å². The molecule has 0 radical (unpaired) electrons. The van der Waals surface area contributed by atoms with Crippen molar-refractivity contribution in [1.29, 1.82) is 0 Å². The Hall–Kier alpha value is -0.960. The van der Waals surface area contributed by atoms with E-state index in [2.05, 4.69) is 27.9 Å². The molecule has 20 heteroatoms. The van der Waals surface area contributed by atoms with Crippen LogP contribution < -0.4 is 0 Å². The maximum absolute atomic E-state index is 11.4. The summed E-state index contributed by atoms with van der Waals surface area (Å²) < 4.78 is 170. The van der Waals surface area contributed by atoms with Gasteiger partial charge in [-0.1, -0.05) is 26.7 Å². The van der Waals surface area contributed by atoms with E-state index in [4.69, 9.17) is 0 Å². The van der Waals surface area contributed by atoms with Gasteiger partial charge >= 0.3 is 22.9 Å². The largest absolute Gasteiger partial charge is 0.743 e. The third-order valence-corrected chi connectivity index (χ3v) is 8.90. The van der Waals surface area contributed by atoms with E-state index in [0.717, 1.165) is 0 Å². The van der Waals surface area contributed by atoms with Crippen LogP contribution in [0.15, 0.2) is 0 Å². The quantitative estimate of drug-likeness (QED) is 0.168. The van der Waals surface area contributed by atoms with Crippen molar-refractivity contribution in [1.82, 2.24) is 0 Å². The number of quaternary nitrogens is 2. The Bertz CT molecular complexity index is 943. The predicted octanol–water partition coefficient (Wildman–Crippen LogP) is 6.21. The van der Waals surface area contributed by atoms with Crippen LogP contribution >= 0.6 is 0 Å². The Kier molecular flexibility index (Phi) is 18.3. The fraction of sp³-hybridized carbons (Fsp3) is 1.00. The summed E-state index contributed by atoms with van der Waals surface area (Å²) in [4.78, 5) is 0. The minimum atomic E-state index is -6.67. The van der Waals surface area contributed by atoms with Crippen LogP contribution in [-0.4, -0.2) is 111 Å². The first-order valence-corrected chi connectivity index (χ1v) is 16.8. The monoisotopic (exact) mass is 710 g/mol. The molecule has 0 aromatic carbocycles. The molecular weight excluding hydrogens is 666 g/mol. The highest BCUT2D eigenvalue weighted by Gasteiger charge is 2.64. The fourth-order valence-electron chi connectivity index (χ4n) is 4.36. The lowest BCUT2D eigenvalue weighted by atomic mass is 10.1. The molecule has 0 spiro atoms. The van der Waals surface area contributed by atoms with Crippen molar-refractivity contribution in [3.8, 4) is 0 Å². The second-order valence-corrected chi connectivity index (χ2v) is 14.2. The number of hydrogen-bond acceptors (Lipinski definition) is 6. The van der Waals surface area contributed by atoms with Crippen molar-refractivity contribution in [2.75, 3.05) is 53.4 Å². The van der Waals surface area contributed by atoms with Gasteiger partial charge < -0.3 is 18.1 Å². The van der Waals surface area contributed by atoms with Gasteiger partial charge in [0.25, 0.3) is 0 Å². The number of halogens is 10. The molecule has 0 N–H and O–H groups in total. The Morgan fingerprint density at radius 2 is 0.750 bits per heavy atom. The zero-order valence-corrected chi connectivity index (χ0v) is 26.9. The van der Waals surface area contributed by atoms with Crippen molar-refractivity contribution in [2.24, 2.45) is 0 Å². The molecule has 0 aliphatic carbocycles. The van der Waals surface area contributed by atoms with Gasteiger partial charge in [0.1, 0.15) is 0 Å². The minimum Gasteiger partial charge on any atom is -0.743 e. The summed E-state index contributed by atoms with van der Waals surface area (Å²) in [5.41, 5.74) is 0. The number of unbranched alkanes of at least 4 members (excludes halogenated alkanes) is 2. The van der Waals surface area contributed by atoms with E-state index in [9.17, 15) is 69.8 Å². The highest BCUT2D eigenvalue weighted by molar-refractivity contribution is 7.87. The normalized spacial score (nSPS) is 19.3. The van der Waals surface area contributed by atoms with E-state index in [-0.39, 0.29) is 0 Å². The lowest BCUT2D eigenvalue weighted by Gasteiger charge is -2.37. The van der Waals surface area contributed by atoms with E-state index in [1.165, 1.54) is 112 Å². The number of piperidine rings is 2. The first-order chi connectivity index (χ1) is 19.5.